The summed E-state index contributed by atoms with van der Waals surface area (Å²) in [6.45, 7) is 0.786. The lowest BCUT2D eigenvalue weighted by atomic mass is 10.1. The third-order valence-corrected chi connectivity index (χ3v) is 3.48. The molecule has 0 saturated heterocycles. The van der Waals surface area contributed by atoms with Gasteiger partial charge in [0.1, 0.15) is 11.6 Å². The Morgan fingerprint density at radius 2 is 1.86 bits per heavy atom. The van der Waals surface area contributed by atoms with Gasteiger partial charge in [-0.3, -0.25) is 9.36 Å². The number of aromatic nitrogens is 2. The zero-order valence-electron chi connectivity index (χ0n) is 12.1. The molecule has 0 fully saturated rings. The van der Waals surface area contributed by atoms with Crippen molar-refractivity contribution in [2.75, 3.05) is 13.7 Å². The van der Waals surface area contributed by atoms with Crippen molar-refractivity contribution in [1.82, 2.24) is 9.55 Å². The maximum absolute atomic E-state index is 13.1. The van der Waals surface area contributed by atoms with Crippen molar-refractivity contribution in [1.29, 1.82) is 0 Å². The Kier molecular flexibility index (Phi) is 3.98. The molecule has 0 amide bonds. The Bertz CT molecular complexity index is 857. The highest BCUT2D eigenvalue weighted by molar-refractivity contribution is 5.79. The lowest BCUT2D eigenvalue weighted by Gasteiger charge is -2.13. The van der Waals surface area contributed by atoms with Crippen molar-refractivity contribution in [3.05, 3.63) is 64.7 Å². The highest BCUT2D eigenvalue weighted by Crippen LogP contribution is 2.19. The largest absolute Gasteiger partial charge is 0.383 e. The highest BCUT2D eigenvalue weighted by atomic mass is 19.1. The first kappa shape index (κ1) is 14.4. The third-order valence-electron chi connectivity index (χ3n) is 3.48. The van der Waals surface area contributed by atoms with Gasteiger partial charge in [0.25, 0.3) is 5.56 Å². The second-order valence-electron chi connectivity index (χ2n) is 4.91. The first-order valence-electron chi connectivity index (χ1n) is 6.95. The van der Waals surface area contributed by atoms with E-state index in [1.54, 1.807) is 35.9 Å². The molecule has 0 bridgehead atoms. The van der Waals surface area contributed by atoms with E-state index in [1.165, 1.54) is 12.1 Å². The number of methoxy groups -OCH3 is 1. The van der Waals surface area contributed by atoms with Gasteiger partial charge in [-0.05, 0) is 36.4 Å². The Labute approximate surface area is 126 Å². The van der Waals surface area contributed by atoms with Gasteiger partial charge in [0.15, 0.2) is 0 Å². The van der Waals surface area contributed by atoms with E-state index in [0.29, 0.717) is 35.4 Å². The fourth-order valence-electron chi connectivity index (χ4n) is 2.38. The predicted molar refractivity (Wildman–Crippen MR) is 83.3 cm³/mol. The number of para-hydroxylation sites is 1. The Morgan fingerprint density at radius 3 is 2.59 bits per heavy atom. The van der Waals surface area contributed by atoms with Gasteiger partial charge in [0, 0.05) is 12.7 Å². The summed E-state index contributed by atoms with van der Waals surface area (Å²) in [4.78, 5) is 17.3. The Morgan fingerprint density at radius 1 is 1.14 bits per heavy atom. The molecule has 1 heterocycles. The normalized spacial score (nSPS) is 11.0. The summed E-state index contributed by atoms with van der Waals surface area (Å²) in [5, 5.41) is 0.560. The molecule has 0 aliphatic rings. The van der Waals surface area contributed by atoms with Crippen molar-refractivity contribution in [3.8, 4) is 11.4 Å². The van der Waals surface area contributed by atoms with Gasteiger partial charge in [-0.25, -0.2) is 9.37 Å². The number of hydrogen-bond acceptors (Lipinski definition) is 3. The Balaban J connectivity index is 2.26. The van der Waals surface area contributed by atoms with E-state index in [1.807, 2.05) is 12.1 Å². The van der Waals surface area contributed by atoms with Gasteiger partial charge < -0.3 is 4.74 Å². The summed E-state index contributed by atoms with van der Waals surface area (Å²) in [5.41, 5.74) is 1.20. The highest BCUT2D eigenvalue weighted by Gasteiger charge is 2.12. The molecule has 5 heteroatoms. The molecule has 1 aromatic heterocycles. The van der Waals surface area contributed by atoms with Crippen LogP contribution in [0.15, 0.2) is 53.3 Å². The second kappa shape index (κ2) is 6.07. The molecule has 0 radical (unpaired) electrons. The maximum atomic E-state index is 13.1. The first-order chi connectivity index (χ1) is 10.7. The van der Waals surface area contributed by atoms with E-state index in [9.17, 15) is 9.18 Å². The van der Waals surface area contributed by atoms with E-state index in [0.717, 1.165) is 0 Å². The van der Waals surface area contributed by atoms with Crippen LogP contribution in [-0.2, 0) is 11.3 Å². The lowest BCUT2D eigenvalue weighted by Crippen LogP contribution is -2.25. The van der Waals surface area contributed by atoms with Crippen LogP contribution in [0.4, 0.5) is 4.39 Å². The molecule has 22 heavy (non-hydrogen) atoms. The average Bonchev–Trinajstić information content (AvgIpc) is 2.55. The molecule has 4 nitrogen and oxygen atoms in total. The Hall–Kier alpha value is -2.53. The topological polar surface area (TPSA) is 44.1 Å². The fourth-order valence-corrected chi connectivity index (χ4v) is 2.38. The number of halogens is 1. The number of fused-ring (bicyclic) bond motifs is 1. The van der Waals surface area contributed by atoms with Gasteiger partial charge >= 0.3 is 0 Å². The molecule has 0 aliphatic heterocycles. The van der Waals surface area contributed by atoms with Gasteiger partial charge in [0.05, 0.1) is 24.1 Å². The molecule has 0 N–H and O–H groups in total. The van der Waals surface area contributed by atoms with Crippen LogP contribution in [0.5, 0.6) is 0 Å². The van der Waals surface area contributed by atoms with Gasteiger partial charge in [0.2, 0.25) is 0 Å². The van der Waals surface area contributed by atoms with Gasteiger partial charge in [-0.1, -0.05) is 12.1 Å². The van der Waals surface area contributed by atoms with Crippen molar-refractivity contribution in [2.45, 2.75) is 6.54 Å². The number of benzene rings is 2. The molecular formula is C17H15FN2O2. The molecule has 2 aromatic carbocycles. The van der Waals surface area contributed by atoms with Crippen LogP contribution in [0, 0.1) is 5.82 Å². The number of rotatable bonds is 4. The smallest absolute Gasteiger partial charge is 0.261 e. The van der Waals surface area contributed by atoms with Crippen molar-refractivity contribution in [2.24, 2.45) is 0 Å². The third kappa shape index (κ3) is 2.63. The van der Waals surface area contributed by atoms with E-state index >= 15 is 0 Å². The van der Waals surface area contributed by atoms with Crippen LogP contribution in [0.25, 0.3) is 22.3 Å². The fraction of sp³-hybridized carbons (Fsp3) is 0.176. The zero-order valence-corrected chi connectivity index (χ0v) is 12.1. The quantitative estimate of drug-likeness (QED) is 0.744. The summed E-state index contributed by atoms with van der Waals surface area (Å²) in [6.07, 6.45) is 0. The average molecular weight is 298 g/mol. The van der Waals surface area contributed by atoms with E-state index in [2.05, 4.69) is 4.98 Å². The molecule has 0 aliphatic carbocycles. The van der Waals surface area contributed by atoms with Crippen molar-refractivity contribution in [3.63, 3.8) is 0 Å². The summed E-state index contributed by atoms with van der Waals surface area (Å²) >= 11 is 0. The van der Waals surface area contributed by atoms with Gasteiger partial charge in [-0.15, -0.1) is 0 Å². The summed E-state index contributed by atoms with van der Waals surface area (Å²) in [7, 11) is 1.58. The van der Waals surface area contributed by atoms with Crippen LogP contribution < -0.4 is 5.56 Å². The minimum absolute atomic E-state index is 0.123. The summed E-state index contributed by atoms with van der Waals surface area (Å²) in [5.74, 6) is 0.191. The van der Waals surface area contributed by atoms with Crippen molar-refractivity contribution >= 4 is 10.9 Å². The molecule has 3 rings (SSSR count). The monoisotopic (exact) mass is 298 g/mol. The molecular weight excluding hydrogens is 283 g/mol. The van der Waals surface area contributed by atoms with Crippen molar-refractivity contribution < 1.29 is 9.13 Å². The number of hydrogen-bond donors (Lipinski definition) is 0. The summed E-state index contributed by atoms with van der Waals surface area (Å²) in [6, 6.07) is 13.2. The molecule has 0 unspecified atom stereocenters. The minimum atomic E-state index is -0.324. The van der Waals surface area contributed by atoms with Gasteiger partial charge in [-0.2, -0.15) is 0 Å². The van der Waals surface area contributed by atoms with Crippen LogP contribution in [0.3, 0.4) is 0 Å². The molecule has 0 saturated carbocycles. The minimum Gasteiger partial charge on any atom is -0.383 e. The maximum Gasteiger partial charge on any atom is 0.261 e. The molecule has 0 atom stereocenters. The van der Waals surface area contributed by atoms with Crippen LogP contribution >= 0.6 is 0 Å². The SMILES string of the molecule is COCCn1c(-c2ccc(F)cc2)nc2ccccc2c1=O. The summed E-state index contributed by atoms with van der Waals surface area (Å²) < 4.78 is 19.8. The van der Waals surface area contributed by atoms with E-state index in [-0.39, 0.29) is 11.4 Å². The standard InChI is InChI=1S/C17H15FN2O2/c1-22-11-10-20-16(12-6-8-13(18)9-7-12)19-15-5-3-2-4-14(15)17(20)21/h2-9H,10-11H2,1H3. The molecule has 0 spiro atoms. The van der Waals surface area contributed by atoms with Crippen LogP contribution in [-0.4, -0.2) is 23.3 Å². The zero-order chi connectivity index (χ0) is 15.5. The number of ether oxygens (including phenoxy) is 1. The molecule has 3 aromatic rings. The lowest BCUT2D eigenvalue weighted by molar-refractivity contribution is 0.186. The first-order valence-corrected chi connectivity index (χ1v) is 6.95. The molecule has 112 valence electrons. The van der Waals surface area contributed by atoms with Crippen LogP contribution in [0.1, 0.15) is 0 Å². The van der Waals surface area contributed by atoms with E-state index in [4.69, 9.17) is 4.74 Å². The predicted octanol–water partition coefficient (Wildman–Crippen LogP) is 2.85. The van der Waals surface area contributed by atoms with E-state index < -0.39 is 0 Å². The van der Waals surface area contributed by atoms with Crippen LogP contribution in [0.2, 0.25) is 0 Å². The number of nitrogens with zero attached hydrogens (tertiary/aromatic N) is 2. The second-order valence-corrected chi connectivity index (χ2v) is 4.91.